The van der Waals surface area contributed by atoms with Crippen molar-refractivity contribution in [2.75, 3.05) is 25.3 Å². The minimum absolute atomic E-state index is 0.172. The van der Waals surface area contributed by atoms with Crippen molar-refractivity contribution >= 4 is 46.6 Å². The Morgan fingerprint density at radius 1 is 1.13 bits per heavy atom. The van der Waals surface area contributed by atoms with Gasteiger partial charge in [0.2, 0.25) is 5.91 Å². The average Bonchev–Trinajstić information content (AvgIpc) is 2.56. The smallest absolute Gasteiger partial charge is 0.234 e. The second-order valence-electron chi connectivity index (χ2n) is 4.48. The first kappa shape index (κ1) is 17.8. The Balaban J connectivity index is 2.01. The van der Waals surface area contributed by atoms with E-state index in [1.807, 2.05) is 0 Å². The van der Waals surface area contributed by atoms with Gasteiger partial charge >= 0.3 is 0 Å². The number of thioether (sulfide) groups is 1. The van der Waals surface area contributed by atoms with E-state index in [1.54, 1.807) is 43.5 Å². The molecule has 0 aromatic heterocycles. The third-order valence-electron chi connectivity index (χ3n) is 2.93. The molecule has 1 amide bonds. The van der Waals surface area contributed by atoms with Gasteiger partial charge in [0.1, 0.15) is 11.5 Å². The number of halogens is 2. The summed E-state index contributed by atoms with van der Waals surface area (Å²) in [6, 6.07) is 10.3. The van der Waals surface area contributed by atoms with Crippen LogP contribution in [-0.2, 0) is 4.79 Å². The molecular formula is C16H15Cl2NO3S. The van der Waals surface area contributed by atoms with E-state index in [1.165, 1.54) is 18.9 Å². The van der Waals surface area contributed by atoms with Crippen LogP contribution in [0.2, 0.25) is 10.0 Å². The van der Waals surface area contributed by atoms with Gasteiger partial charge < -0.3 is 14.8 Å². The first-order valence-corrected chi connectivity index (χ1v) is 8.37. The molecule has 0 heterocycles. The van der Waals surface area contributed by atoms with Gasteiger partial charge in [-0.1, -0.05) is 23.2 Å². The fraction of sp³-hybridized carbons (Fsp3) is 0.188. The molecule has 0 saturated heterocycles. The lowest BCUT2D eigenvalue weighted by Crippen LogP contribution is -2.14. The summed E-state index contributed by atoms with van der Waals surface area (Å²) in [5.74, 6) is 1.22. The topological polar surface area (TPSA) is 47.6 Å². The van der Waals surface area contributed by atoms with Crippen LogP contribution in [-0.4, -0.2) is 25.9 Å². The molecule has 0 spiro atoms. The number of methoxy groups -OCH3 is 2. The summed E-state index contributed by atoms with van der Waals surface area (Å²) in [6.07, 6.45) is 0. The van der Waals surface area contributed by atoms with Crippen LogP contribution in [0.4, 0.5) is 5.69 Å². The number of carbonyl (C=O) groups excluding carboxylic acids is 1. The number of rotatable bonds is 6. The van der Waals surface area contributed by atoms with Crippen LogP contribution in [0.5, 0.6) is 11.5 Å². The molecule has 0 aliphatic rings. The predicted molar refractivity (Wildman–Crippen MR) is 95.4 cm³/mol. The summed E-state index contributed by atoms with van der Waals surface area (Å²) in [6.45, 7) is 0. The number of benzene rings is 2. The van der Waals surface area contributed by atoms with Crippen molar-refractivity contribution < 1.29 is 14.3 Å². The van der Waals surface area contributed by atoms with Gasteiger partial charge in [-0.25, -0.2) is 0 Å². The van der Waals surface area contributed by atoms with Crippen LogP contribution >= 0.6 is 35.0 Å². The molecule has 2 aromatic rings. The number of carbonyl (C=O) groups is 1. The third-order valence-corrected chi connectivity index (χ3v) is 4.67. The van der Waals surface area contributed by atoms with Crippen molar-refractivity contribution in [3.8, 4) is 11.5 Å². The van der Waals surface area contributed by atoms with Gasteiger partial charge in [0, 0.05) is 16.0 Å². The highest BCUT2D eigenvalue weighted by Crippen LogP contribution is 2.31. The molecule has 23 heavy (non-hydrogen) atoms. The van der Waals surface area contributed by atoms with E-state index in [2.05, 4.69) is 5.32 Å². The fourth-order valence-electron chi connectivity index (χ4n) is 1.82. The lowest BCUT2D eigenvalue weighted by molar-refractivity contribution is -0.113. The van der Waals surface area contributed by atoms with E-state index in [9.17, 15) is 4.79 Å². The molecular weight excluding hydrogens is 357 g/mol. The normalized spacial score (nSPS) is 10.3. The van der Waals surface area contributed by atoms with Crippen LogP contribution in [0.25, 0.3) is 0 Å². The Labute approximate surface area is 149 Å². The zero-order valence-electron chi connectivity index (χ0n) is 12.6. The highest BCUT2D eigenvalue weighted by molar-refractivity contribution is 8.00. The average molecular weight is 372 g/mol. The second-order valence-corrected chi connectivity index (χ2v) is 6.34. The van der Waals surface area contributed by atoms with Crippen molar-refractivity contribution in [1.29, 1.82) is 0 Å². The van der Waals surface area contributed by atoms with Crippen LogP contribution in [0, 0.1) is 0 Å². The SMILES string of the molecule is COc1ccc(NC(=O)CSc2cc(Cl)ccc2Cl)c(OC)c1. The van der Waals surface area contributed by atoms with Gasteiger partial charge in [0.25, 0.3) is 0 Å². The monoisotopic (exact) mass is 371 g/mol. The zero-order chi connectivity index (χ0) is 16.8. The highest BCUT2D eigenvalue weighted by Gasteiger charge is 2.11. The fourth-order valence-corrected chi connectivity index (χ4v) is 3.11. The molecule has 0 aliphatic heterocycles. The maximum atomic E-state index is 12.1. The largest absolute Gasteiger partial charge is 0.497 e. The Kier molecular flexibility index (Phi) is 6.45. The van der Waals surface area contributed by atoms with Gasteiger partial charge in [-0.3, -0.25) is 4.79 Å². The number of nitrogens with one attached hydrogen (secondary N) is 1. The van der Waals surface area contributed by atoms with E-state index < -0.39 is 0 Å². The summed E-state index contributed by atoms with van der Waals surface area (Å²) in [5.41, 5.74) is 0.580. The van der Waals surface area contributed by atoms with Gasteiger partial charge in [0.15, 0.2) is 0 Å². The third kappa shape index (κ3) is 4.96. The van der Waals surface area contributed by atoms with E-state index in [-0.39, 0.29) is 11.7 Å². The molecule has 0 unspecified atom stereocenters. The summed E-state index contributed by atoms with van der Waals surface area (Å²) >= 11 is 13.3. The Morgan fingerprint density at radius 2 is 1.91 bits per heavy atom. The van der Waals surface area contributed by atoms with Crippen LogP contribution in [0.15, 0.2) is 41.3 Å². The van der Waals surface area contributed by atoms with Crippen LogP contribution < -0.4 is 14.8 Å². The molecule has 4 nitrogen and oxygen atoms in total. The van der Waals surface area contributed by atoms with Crippen molar-refractivity contribution in [3.63, 3.8) is 0 Å². The van der Waals surface area contributed by atoms with E-state index in [0.717, 1.165) is 4.90 Å². The number of anilines is 1. The maximum absolute atomic E-state index is 12.1. The van der Waals surface area contributed by atoms with Crippen LogP contribution in [0.1, 0.15) is 0 Å². The molecule has 1 N–H and O–H groups in total. The van der Waals surface area contributed by atoms with Crippen molar-refractivity contribution in [2.24, 2.45) is 0 Å². The quantitative estimate of drug-likeness (QED) is 0.744. The number of hydrogen-bond acceptors (Lipinski definition) is 4. The maximum Gasteiger partial charge on any atom is 0.234 e. The van der Waals surface area contributed by atoms with Crippen molar-refractivity contribution in [1.82, 2.24) is 0 Å². The molecule has 0 atom stereocenters. The molecule has 0 saturated carbocycles. The van der Waals surface area contributed by atoms with Gasteiger partial charge in [-0.15, -0.1) is 11.8 Å². The number of ether oxygens (including phenoxy) is 2. The van der Waals surface area contributed by atoms with Gasteiger partial charge in [-0.05, 0) is 30.3 Å². The Hall–Kier alpha value is -1.56. The lowest BCUT2D eigenvalue weighted by atomic mass is 10.2. The van der Waals surface area contributed by atoms with Gasteiger partial charge in [-0.2, -0.15) is 0 Å². The van der Waals surface area contributed by atoms with Crippen molar-refractivity contribution in [2.45, 2.75) is 4.90 Å². The summed E-state index contributed by atoms with van der Waals surface area (Å²) in [5, 5.41) is 3.94. The Bertz CT molecular complexity index is 710. The molecule has 2 rings (SSSR count). The minimum Gasteiger partial charge on any atom is -0.497 e. The summed E-state index contributed by atoms with van der Waals surface area (Å²) in [4.78, 5) is 12.9. The zero-order valence-corrected chi connectivity index (χ0v) is 14.9. The molecule has 2 aromatic carbocycles. The standard InChI is InChI=1S/C16H15Cl2NO3S/c1-21-11-4-6-13(14(8-11)22-2)19-16(20)9-23-15-7-10(17)3-5-12(15)18/h3-8H,9H2,1-2H3,(H,19,20). The molecule has 0 radical (unpaired) electrons. The first-order valence-electron chi connectivity index (χ1n) is 6.63. The molecule has 0 bridgehead atoms. The lowest BCUT2D eigenvalue weighted by Gasteiger charge is -2.11. The molecule has 122 valence electrons. The molecule has 0 aliphatic carbocycles. The number of amides is 1. The molecule has 0 fully saturated rings. The van der Waals surface area contributed by atoms with Crippen LogP contribution in [0.3, 0.4) is 0 Å². The van der Waals surface area contributed by atoms with E-state index in [0.29, 0.717) is 27.2 Å². The Morgan fingerprint density at radius 3 is 2.61 bits per heavy atom. The summed E-state index contributed by atoms with van der Waals surface area (Å²) < 4.78 is 10.4. The van der Waals surface area contributed by atoms with E-state index in [4.69, 9.17) is 32.7 Å². The minimum atomic E-state index is -0.172. The number of hydrogen-bond donors (Lipinski definition) is 1. The van der Waals surface area contributed by atoms with Gasteiger partial charge in [0.05, 0.1) is 30.7 Å². The predicted octanol–water partition coefficient (Wildman–Crippen LogP) is 4.74. The summed E-state index contributed by atoms with van der Waals surface area (Å²) in [7, 11) is 3.10. The van der Waals surface area contributed by atoms with Crippen molar-refractivity contribution in [3.05, 3.63) is 46.4 Å². The first-order chi connectivity index (χ1) is 11.0. The van der Waals surface area contributed by atoms with E-state index >= 15 is 0 Å². The highest BCUT2D eigenvalue weighted by atomic mass is 35.5. The second kappa shape index (κ2) is 8.34. The molecule has 7 heteroatoms.